The van der Waals surface area contributed by atoms with Crippen molar-refractivity contribution in [3.8, 4) is 34.4 Å². The Bertz CT molecular complexity index is 3520. The average Bonchev–Trinajstić information content (AvgIpc) is 3.64. The largest absolute Gasteiger partial charge is 0.311 e. The van der Waals surface area contributed by atoms with Crippen molar-refractivity contribution >= 4 is 71.4 Å². The number of nitriles is 2. The Kier molecular flexibility index (Phi) is 9.83. The van der Waals surface area contributed by atoms with Crippen molar-refractivity contribution in [3.63, 3.8) is 0 Å². The normalized spacial score (nSPS) is 13.0. The van der Waals surface area contributed by atoms with E-state index in [-0.39, 0.29) is 0 Å². The predicted molar refractivity (Wildman–Crippen MR) is 285 cm³/mol. The van der Waals surface area contributed by atoms with Crippen LogP contribution in [0.1, 0.15) is 33.4 Å². The van der Waals surface area contributed by atoms with Crippen LogP contribution < -0.4 is 20.2 Å². The van der Waals surface area contributed by atoms with Gasteiger partial charge in [0.2, 0.25) is 0 Å². The van der Waals surface area contributed by atoms with E-state index in [2.05, 4.69) is 219 Å². The maximum absolute atomic E-state index is 10.2. The highest BCUT2D eigenvalue weighted by Gasteiger charge is 2.50. The van der Waals surface area contributed by atoms with Gasteiger partial charge >= 0.3 is 0 Å². The minimum absolute atomic E-state index is 0.623. The van der Waals surface area contributed by atoms with Crippen LogP contribution in [0.4, 0.5) is 34.1 Å². The van der Waals surface area contributed by atoms with E-state index < -0.39 is 21.6 Å². The summed E-state index contributed by atoms with van der Waals surface area (Å²) in [4.78, 5) is 4.79. The Hall–Kier alpha value is -7.75. The van der Waals surface area contributed by atoms with Crippen LogP contribution in [0.15, 0.2) is 194 Å². The third-order valence-corrected chi connectivity index (χ3v) is 18.0. The molecule has 0 aromatic heterocycles. The molecule has 0 heterocycles. The van der Waals surface area contributed by atoms with Crippen molar-refractivity contribution in [1.82, 2.24) is 0 Å². The lowest BCUT2D eigenvalue weighted by molar-refractivity contribution is 0.773. The molecule has 9 aromatic rings. The lowest BCUT2D eigenvalue weighted by Gasteiger charge is -2.41. The number of hydrogen-bond donors (Lipinski definition) is 0. The standard InChI is InChI=1S/C61H50N4Si2/c1-66(2,3)58-30-13-11-28-56(58)64(43-20-15-18-41(36-43)39-62)45-32-33-48-49-34-35-55(65(44-21-16-19-42(37-44)40-63)57-29-12-14-31-59(57)67(4,5)6)50-24-17-27-53(60(49)50)61(54(48)38-45)51-25-9-7-22-46(51)47-23-8-10-26-52(47)61/h7-38H,1-6H3. The maximum Gasteiger partial charge on any atom is 0.0992 e. The van der Waals surface area contributed by atoms with Crippen LogP contribution in [0.25, 0.3) is 33.0 Å². The first-order valence-electron chi connectivity index (χ1n) is 23.1. The van der Waals surface area contributed by atoms with E-state index in [1.807, 2.05) is 36.4 Å². The van der Waals surface area contributed by atoms with Gasteiger partial charge in [0.05, 0.1) is 50.5 Å². The summed E-state index contributed by atoms with van der Waals surface area (Å²) in [7, 11) is -3.75. The molecule has 0 atom stereocenters. The minimum Gasteiger partial charge on any atom is -0.311 e. The zero-order chi connectivity index (χ0) is 46.2. The van der Waals surface area contributed by atoms with Crippen molar-refractivity contribution in [2.24, 2.45) is 0 Å². The third-order valence-electron chi connectivity index (χ3n) is 13.9. The van der Waals surface area contributed by atoms with Gasteiger partial charge in [-0.3, -0.25) is 0 Å². The van der Waals surface area contributed by atoms with E-state index >= 15 is 0 Å². The summed E-state index contributed by atoms with van der Waals surface area (Å²) in [5.74, 6) is 0. The fourth-order valence-corrected chi connectivity index (χ4v) is 14.3. The second-order valence-electron chi connectivity index (χ2n) is 20.0. The van der Waals surface area contributed by atoms with Crippen LogP contribution in [0.2, 0.25) is 39.3 Å². The summed E-state index contributed by atoms with van der Waals surface area (Å²) in [5, 5.41) is 25.5. The molecule has 2 aliphatic carbocycles. The first kappa shape index (κ1) is 41.9. The molecule has 0 amide bonds. The molecular formula is C61H50N4Si2. The monoisotopic (exact) mass is 894 g/mol. The van der Waals surface area contributed by atoms with E-state index in [0.29, 0.717) is 11.1 Å². The van der Waals surface area contributed by atoms with E-state index in [9.17, 15) is 10.5 Å². The van der Waals surface area contributed by atoms with Gasteiger partial charge in [0.25, 0.3) is 0 Å². The van der Waals surface area contributed by atoms with Gasteiger partial charge in [0, 0.05) is 33.8 Å². The SMILES string of the molecule is C[Si](C)(C)c1ccccc1N(c1cccc(C#N)c1)c1ccc2c(c1)C1(c3ccccc3-c3ccccc31)c1cccc3c(N(c4cccc(C#N)c4)c4ccccc4[Si](C)(C)C)ccc-2c13. The quantitative estimate of drug-likeness (QED) is 0.143. The zero-order valence-corrected chi connectivity index (χ0v) is 40.8. The summed E-state index contributed by atoms with van der Waals surface area (Å²) in [6.07, 6.45) is 0. The highest BCUT2D eigenvalue weighted by atomic mass is 28.3. The molecule has 0 aliphatic heterocycles. The molecule has 11 rings (SSSR count). The number of benzene rings is 9. The molecule has 9 aromatic carbocycles. The summed E-state index contributed by atoms with van der Waals surface area (Å²) in [6, 6.07) is 75.3. The summed E-state index contributed by atoms with van der Waals surface area (Å²) < 4.78 is 0. The Morgan fingerprint density at radius 3 is 1.42 bits per heavy atom. The molecule has 2 aliphatic rings. The second kappa shape index (κ2) is 15.7. The third kappa shape index (κ3) is 6.51. The van der Waals surface area contributed by atoms with Crippen molar-refractivity contribution < 1.29 is 0 Å². The molecule has 0 radical (unpaired) electrons. The van der Waals surface area contributed by atoms with Crippen LogP contribution in [0.5, 0.6) is 0 Å². The van der Waals surface area contributed by atoms with Crippen LogP contribution in [-0.4, -0.2) is 16.1 Å². The Balaban J connectivity index is 1.26. The number of para-hydroxylation sites is 2. The molecule has 4 nitrogen and oxygen atoms in total. The van der Waals surface area contributed by atoms with Gasteiger partial charge in [-0.2, -0.15) is 10.5 Å². The number of anilines is 6. The van der Waals surface area contributed by atoms with Gasteiger partial charge in [-0.05, 0) is 127 Å². The Morgan fingerprint density at radius 1 is 0.373 bits per heavy atom. The van der Waals surface area contributed by atoms with Crippen molar-refractivity contribution in [3.05, 3.63) is 228 Å². The first-order chi connectivity index (χ1) is 32.4. The predicted octanol–water partition coefficient (Wildman–Crippen LogP) is 15.0. The smallest absolute Gasteiger partial charge is 0.0992 e. The Morgan fingerprint density at radius 2 is 0.836 bits per heavy atom. The molecule has 0 N–H and O–H groups in total. The van der Waals surface area contributed by atoms with Gasteiger partial charge in [-0.25, -0.2) is 0 Å². The fourth-order valence-electron chi connectivity index (χ4n) is 11.2. The molecule has 6 heteroatoms. The fraction of sp³-hybridized carbons (Fsp3) is 0.115. The summed E-state index contributed by atoms with van der Waals surface area (Å²) in [6.45, 7) is 14.4. The number of hydrogen-bond acceptors (Lipinski definition) is 4. The maximum atomic E-state index is 10.2. The molecule has 0 bridgehead atoms. The highest BCUT2D eigenvalue weighted by molar-refractivity contribution is 6.90. The number of rotatable bonds is 8. The lowest BCUT2D eigenvalue weighted by atomic mass is 9.61. The van der Waals surface area contributed by atoms with Crippen LogP contribution in [0, 0.1) is 22.7 Å². The first-order valence-corrected chi connectivity index (χ1v) is 30.1. The molecule has 0 fully saturated rings. The average molecular weight is 895 g/mol. The van der Waals surface area contributed by atoms with Crippen molar-refractivity contribution in [1.29, 1.82) is 10.5 Å². The zero-order valence-electron chi connectivity index (χ0n) is 38.8. The minimum atomic E-state index is -1.87. The van der Waals surface area contributed by atoms with E-state index in [1.54, 1.807) is 0 Å². The van der Waals surface area contributed by atoms with Crippen LogP contribution >= 0.6 is 0 Å². The summed E-state index contributed by atoms with van der Waals surface area (Å²) >= 11 is 0. The molecule has 67 heavy (non-hydrogen) atoms. The van der Waals surface area contributed by atoms with E-state index in [0.717, 1.165) is 39.5 Å². The lowest BCUT2D eigenvalue weighted by Crippen LogP contribution is -2.40. The van der Waals surface area contributed by atoms with Crippen LogP contribution in [0.3, 0.4) is 0 Å². The topological polar surface area (TPSA) is 54.1 Å². The van der Waals surface area contributed by atoms with Crippen molar-refractivity contribution in [2.45, 2.75) is 44.7 Å². The van der Waals surface area contributed by atoms with Crippen molar-refractivity contribution in [2.75, 3.05) is 9.80 Å². The highest BCUT2D eigenvalue weighted by Crippen LogP contribution is 2.63. The number of nitrogens with zero attached hydrogens (tertiary/aromatic N) is 4. The van der Waals surface area contributed by atoms with Gasteiger partial charge in [0.1, 0.15) is 0 Å². The van der Waals surface area contributed by atoms with E-state index in [1.165, 1.54) is 60.3 Å². The Labute approximate surface area is 396 Å². The molecule has 0 unspecified atom stereocenters. The second-order valence-corrected chi connectivity index (χ2v) is 30.0. The van der Waals surface area contributed by atoms with E-state index in [4.69, 9.17) is 0 Å². The molecule has 0 saturated carbocycles. The van der Waals surface area contributed by atoms with Gasteiger partial charge in [-0.15, -0.1) is 0 Å². The molecule has 322 valence electrons. The van der Waals surface area contributed by atoms with Crippen LogP contribution in [-0.2, 0) is 5.41 Å². The summed E-state index contributed by atoms with van der Waals surface area (Å²) in [5.41, 5.74) is 16.7. The number of fused-ring (bicyclic) bond motifs is 9. The molecule has 1 spiro atoms. The van der Waals surface area contributed by atoms with Gasteiger partial charge in [0.15, 0.2) is 0 Å². The van der Waals surface area contributed by atoms with Gasteiger partial charge < -0.3 is 9.80 Å². The molecular weight excluding hydrogens is 845 g/mol. The van der Waals surface area contributed by atoms with Gasteiger partial charge in [-0.1, -0.05) is 167 Å². The molecule has 0 saturated heterocycles.